The molecule has 0 aromatic carbocycles. The molecular weight excluding hydrogens is 701 g/mol. The number of aliphatic hydroxyl groups is 1. The quantitative estimate of drug-likeness (QED) is 0.0156. The normalized spacial score (nSPS) is 15.0. The summed E-state index contributed by atoms with van der Waals surface area (Å²) in [6.45, 7) is 2.51. The van der Waals surface area contributed by atoms with Crippen molar-refractivity contribution in [2.75, 3.05) is 19.8 Å². The summed E-state index contributed by atoms with van der Waals surface area (Å²) in [5.74, 6) is -2.46. The fraction of sp³-hybridized carbons (Fsp3) is 0.725. The lowest BCUT2D eigenvalue weighted by atomic mass is 10.1. The number of allylic oxidation sites excluding steroid dienone is 6. The Labute approximate surface area is 318 Å². The minimum Gasteiger partial charge on any atom is -0.480 e. The van der Waals surface area contributed by atoms with Gasteiger partial charge < -0.3 is 30.3 Å². The van der Waals surface area contributed by atoms with Crippen LogP contribution in [0.15, 0.2) is 48.6 Å². The van der Waals surface area contributed by atoms with Gasteiger partial charge in [0.2, 0.25) is 0 Å². The van der Waals surface area contributed by atoms with E-state index >= 15 is 0 Å². The van der Waals surface area contributed by atoms with E-state index in [2.05, 4.69) is 36.6 Å². The molecule has 0 amide bonds. The van der Waals surface area contributed by atoms with E-state index in [-0.39, 0.29) is 19.4 Å². The maximum atomic E-state index is 12.6. The smallest absolute Gasteiger partial charge is 0.472 e. The summed E-state index contributed by atoms with van der Waals surface area (Å²) in [6, 6.07) is -1.53. The number of esters is 2. The highest BCUT2D eigenvalue weighted by Crippen LogP contribution is 2.43. The standard InChI is InChI=1S/C40H70NO11P/c1-3-5-7-8-9-10-11-12-13-16-20-23-27-31-39(44)52-36(33-50-53(47,48)51-34-37(41)40(45)46)32-49-38(43)30-26-22-19-17-14-15-18-21-25-29-35(42)28-24-6-4-2/h6,10-11,18,21,24-25,29,35-37,42H,3-5,7-9,12-17,19-20,22-23,26-28,30-34,41H2,1-2H3,(H,45,46)(H,47,48)/b11-10-,21-18+,24-6+,29-25+/t35?,36-,37+/m1/s1. The second-order valence-corrected chi connectivity index (χ2v) is 14.7. The van der Waals surface area contributed by atoms with Gasteiger partial charge >= 0.3 is 25.7 Å². The van der Waals surface area contributed by atoms with Gasteiger partial charge in [-0.1, -0.05) is 120 Å². The molecule has 0 saturated heterocycles. The number of carboxylic acid groups (broad SMARTS) is 1. The lowest BCUT2D eigenvalue weighted by Gasteiger charge is -2.20. The van der Waals surface area contributed by atoms with Crippen molar-refractivity contribution >= 4 is 25.7 Å². The number of rotatable bonds is 36. The lowest BCUT2D eigenvalue weighted by molar-refractivity contribution is -0.161. The molecule has 0 aromatic heterocycles. The summed E-state index contributed by atoms with van der Waals surface area (Å²) in [4.78, 5) is 45.8. The van der Waals surface area contributed by atoms with Crippen LogP contribution in [-0.2, 0) is 37.5 Å². The van der Waals surface area contributed by atoms with Gasteiger partial charge in [0, 0.05) is 12.8 Å². The summed E-state index contributed by atoms with van der Waals surface area (Å²) >= 11 is 0. The molecular formula is C40H70NO11P. The minimum atomic E-state index is -4.73. The van der Waals surface area contributed by atoms with Crippen LogP contribution in [0.25, 0.3) is 0 Å². The molecule has 0 aliphatic rings. The Morgan fingerprint density at radius 2 is 1.23 bits per heavy atom. The van der Waals surface area contributed by atoms with Crippen molar-refractivity contribution in [3.63, 3.8) is 0 Å². The van der Waals surface area contributed by atoms with Gasteiger partial charge in [0.1, 0.15) is 12.6 Å². The highest BCUT2D eigenvalue weighted by Gasteiger charge is 2.28. The topological polar surface area (TPSA) is 192 Å². The number of ether oxygens (including phenoxy) is 2. The first-order valence-electron chi connectivity index (χ1n) is 19.8. The number of hydrogen-bond acceptors (Lipinski definition) is 10. The van der Waals surface area contributed by atoms with E-state index in [9.17, 15) is 28.9 Å². The molecule has 0 fully saturated rings. The summed E-state index contributed by atoms with van der Waals surface area (Å²) in [5, 5.41) is 18.7. The molecule has 5 N–H and O–H groups in total. The highest BCUT2D eigenvalue weighted by molar-refractivity contribution is 7.47. The van der Waals surface area contributed by atoms with Crippen LogP contribution in [-0.4, -0.2) is 71.1 Å². The average molecular weight is 772 g/mol. The van der Waals surface area contributed by atoms with Crippen LogP contribution in [0.1, 0.15) is 149 Å². The summed E-state index contributed by atoms with van der Waals surface area (Å²) in [7, 11) is -4.73. The van der Waals surface area contributed by atoms with Gasteiger partial charge in [0.15, 0.2) is 6.10 Å². The number of carbonyl (C=O) groups is 3. The van der Waals surface area contributed by atoms with Crippen LogP contribution < -0.4 is 5.73 Å². The van der Waals surface area contributed by atoms with Gasteiger partial charge in [-0.25, -0.2) is 4.57 Å². The molecule has 0 heterocycles. The number of aliphatic hydroxyl groups excluding tert-OH is 1. The molecule has 0 aliphatic carbocycles. The van der Waals surface area contributed by atoms with Crippen molar-refractivity contribution in [3.8, 4) is 0 Å². The zero-order valence-corrected chi connectivity index (χ0v) is 33.3. The van der Waals surface area contributed by atoms with E-state index < -0.39 is 57.2 Å². The third-order valence-electron chi connectivity index (χ3n) is 8.14. The van der Waals surface area contributed by atoms with Gasteiger partial charge in [-0.15, -0.1) is 0 Å². The predicted octanol–water partition coefficient (Wildman–Crippen LogP) is 8.80. The molecule has 0 spiro atoms. The van der Waals surface area contributed by atoms with Crippen LogP contribution >= 0.6 is 7.82 Å². The zero-order valence-electron chi connectivity index (χ0n) is 32.5. The molecule has 0 aliphatic heterocycles. The fourth-order valence-corrected chi connectivity index (χ4v) is 5.75. The number of aliphatic carboxylic acids is 1. The van der Waals surface area contributed by atoms with E-state index in [1.165, 1.54) is 25.7 Å². The van der Waals surface area contributed by atoms with Gasteiger partial charge in [-0.05, 0) is 64.2 Å². The Kier molecular flexibility index (Phi) is 33.4. The van der Waals surface area contributed by atoms with Crippen molar-refractivity contribution in [2.45, 2.75) is 167 Å². The molecule has 12 nitrogen and oxygen atoms in total. The van der Waals surface area contributed by atoms with Gasteiger partial charge in [0.25, 0.3) is 0 Å². The Morgan fingerprint density at radius 3 is 1.83 bits per heavy atom. The van der Waals surface area contributed by atoms with E-state index in [0.29, 0.717) is 19.3 Å². The number of unbranched alkanes of at least 4 members (excludes halogenated alkanes) is 14. The molecule has 306 valence electrons. The number of hydrogen-bond donors (Lipinski definition) is 4. The van der Waals surface area contributed by atoms with Crippen molar-refractivity contribution in [2.24, 2.45) is 5.73 Å². The Hall–Kier alpha value is -2.60. The third kappa shape index (κ3) is 34.9. The first-order chi connectivity index (χ1) is 25.5. The van der Waals surface area contributed by atoms with Gasteiger partial charge in [0.05, 0.1) is 19.3 Å². The largest absolute Gasteiger partial charge is 0.480 e. The second-order valence-electron chi connectivity index (χ2n) is 13.2. The van der Waals surface area contributed by atoms with E-state index in [0.717, 1.165) is 77.0 Å². The van der Waals surface area contributed by atoms with Crippen LogP contribution in [0.3, 0.4) is 0 Å². The monoisotopic (exact) mass is 771 g/mol. The van der Waals surface area contributed by atoms with Crippen molar-refractivity contribution in [3.05, 3.63) is 48.6 Å². The molecule has 0 saturated carbocycles. The predicted molar refractivity (Wildman–Crippen MR) is 209 cm³/mol. The number of carbonyl (C=O) groups excluding carboxylic acids is 2. The van der Waals surface area contributed by atoms with Crippen LogP contribution in [0.2, 0.25) is 0 Å². The van der Waals surface area contributed by atoms with E-state index in [1.807, 2.05) is 24.3 Å². The van der Waals surface area contributed by atoms with Crippen molar-refractivity contribution < 1.29 is 52.6 Å². The third-order valence-corrected chi connectivity index (χ3v) is 9.09. The molecule has 0 rings (SSSR count). The van der Waals surface area contributed by atoms with E-state index in [4.69, 9.17) is 24.8 Å². The molecule has 53 heavy (non-hydrogen) atoms. The zero-order chi connectivity index (χ0) is 39.4. The first kappa shape index (κ1) is 50.4. The second kappa shape index (κ2) is 35.1. The molecule has 4 atom stereocenters. The van der Waals surface area contributed by atoms with Crippen LogP contribution in [0, 0.1) is 0 Å². The number of phosphoric acid groups is 1. The molecule has 13 heteroatoms. The van der Waals surface area contributed by atoms with Crippen LogP contribution in [0.4, 0.5) is 0 Å². The Balaban J connectivity index is 4.50. The molecule has 0 aromatic rings. The number of carboxylic acids is 1. The Morgan fingerprint density at radius 1 is 0.679 bits per heavy atom. The summed E-state index contributed by atoms with van der Waals surface area (Å²) in [6.07, 6.45) is 33.7. The van der Waals surface area contributed by atoms with Crippen LogP contribution in [0.5, 0.6) is 0 Å². The summed E-state index contributed by atoms with van der Waals surface area (Å²) < 4.78 is 32.5. The average Bonchev–Trinajstić information content (AvgIpc) is 3.12. The number of nitrogens with two attached hydrogens (primary N) is 1. The SMILES string of the molecule is CC/C=C/CC(O)/C=C/C=C/CCCCCCCC(=O)OC[C@H](COP(=O)(O)OC[C@H](N)C(=O)O)OC(=O)CCCCCCC/C=C\CCCCCC. The van der Waals surface area contributed by atoms with Crippen molar-refractivity contribution in [1.29, 1.82) is 0 Å². The first-order valence-corrected chi connectivity index (χ1v) is 21.3. The lowest BCUT2D eigenvalue weighted by Crippen LogP contribution is -2.34. The van der Waals surface area contributed by atoms with Gasteiger partial charge in [-0.2, -0.15) is 0 Å². The van der Waals surface area contributed by atoms with Crippen molar-refractivity contribution in [1.82, 2.24) is 0 Å². The fourth-order valence-electron chi connectivity index (χ4n) is 4.98. The minimum absolute atomic E-state index is 0.134. The maximum Gasteiger partial charge on any atom is 0.472 e. The van der Waals surface area contributed by atoms with Gasteiger partial charge in [-0.3, -0.25) is 23.4 Å². The van der Waals surface area contributed by atoms with E-state index in [1.54, 1.807) is 6.08 Å². The molecule has 2 unspecified atom stereocenters. The molecule has 0 bridgehead atoms. The highest BCUT2D eigenvalue weighted by atomic mass is 31.2. The summed E-state index contributed by atoms with van der Waals surface area (Å²) in [5.41, 5.74) is 5.31. The molecule has 0 radical (unpaired) electrons. The number of phosphoric ester groups is 1. The maximum absolute atomic E-state index is 12.6. The Bertz CT molecular complexity index is 1110.